The number of hydrogen-bond acceptors (Lipinski definition) is 6. The topological polar surface area (TPSA) is 58.2 Å². The lowest BCUT2D eigenvalue weighted by Gasteiger charge is -2.13. The Kier molecular flexibility index (Phi) is 6.02. The molecule has 0 spiro atoms. The molecule has 0 aromatic carbocycles. The number of nitrogens with one attached hydrogen (secondary N) is 2. The third-order valence-corrected chi connectivity index (χ3v) is 4.13. The molecule has 1 heterocycles. The van der Waals surface area contributed by atoms with Crippen molar-refractivity contribution in [3.8, 4) is 0 Å². The van der Waals surface area contributed by atoms with Gasteiger partial charge in [-0.05, 0) is 0 Å². The number of thioether (sulfide) groups is 1. The SMILES string of the molecule is CC(C)C(=O)C1NC(C(=O)NCSS)CS1. The highest BCUT2D eigenvalue weighted by Crippen LogP contribution is 2.22. The van der Waals surface area contributed by atoms with Gasteiger partial charge in [-0.3, -0.25) is 14.9 Å². The summed E-state index contributed by atoms with van der Waals surface area (Å²) in [6.07, 6.45) is 0. The maximum absolute atomic E-state index is 11.7. The molecule has 0 aromatic rings. The highest BCUT2D eigenvalue weighted by atomic mass is 33.1. The van der Waals surface area contributed by atoms with Crippen LogP contribution in [0.3, 0.4) is 0 Å². The summed E-state index contributed by atoms with van der Waals surface area (Å²) < 4.78 is 0. The summed E-state index contributed by atoms with van der Waals surface area (Å²) in [6.45, 7) is 3.74. The average Bonchev–Trinajstić information content (AvgIpc) is 2.73. The fourth-order valence-electron chi connectivity index (χ4n) is 1.32. The van der Waals surface area contributed by atoms with Crippen molar-refractivity contribution in [3.63, 3.8) is 0 Å². The highest BCUT2D eigenvalue weighted by molar-refractivity contribution is 8.68. The molecule has 0 aromatic heterocycles. The Hall–Kier alpha value is 0.150. The van der Waals surface area contributed by atoms with E-state index in [4.69, 9.17) is 0 Å². The van der Waals surface area contributed by atoms with E-state index in [2.05, 4.69) is 22.3 Å². The number of carbonyl (C=O) groups is 2. The van der Waals surface area contributed by atoms with Crippen LogP contribution in [0.1, 0.15) is 13.8 Å². The number of hydrogen-bond donors (Lipinski definition) is 3. The molecule has 0 aliphatic carbocycles. The van der Waals surface area contributed by atoms with Gasteiger partial charge in [-0.25, -0.2) is 0 Å². The maximum atomic E-state index is 11.7. The van der Waals surface area contributed by atoms with Gasteiger partial charge >= 0.3 is 0 Å². The van der Waals surface area contributed by atoms with Crippen molar-refractivity contribution in [2.45, 2.75) is 25.3 Å². The van der Waals surface area contributed by atoms with Crippen molar-refractivity contribution in [1.82, 2.24) is 10.6 Å². The second-order valence-electron chi connectivity index (χ2n) is 3.80. The Balaban J connectivity index is 2.40. The van der Waals surface area contributed by atoms with E-state index in [0.717, 1.165) is 0 Å². The number of ketones is 1. The molecule has 2 atom stereocenters. The van der Waals surface area contributed by atoms with Gasteiger partial charge in [-0.15, -0.1) is 23.4 Å². The summed E-state index contributed by atoms with van der Waals surface area (Å²) in [6, 6.07) is -0.266. The predicted octanol–water partition coefficient (Wildman–Crippen LogP) is 0.894. The van der Waals surface area contributed by atoms with Crippen LogP contribution in [0.4, 0.5) is 0 Å². The molecule has 1 saturated heterocycles. The molecule has 0 bridgehead atoms. The smallest absolute Gasteiger partial charge is 0.238 e. The molecule has 0 saturated carbocycles. The molecular formula is C9H16N2O2S3. The summed E-state index contributed by atoms with van der Waals surface area (Å²) in [4.78, 5) is 23.3. The van der Waals surface area contributed by atoms with Gasteiger partial charge in [-0.1, -0.05) is 24.6 Å². The van der Waals surface area contributed by atoms with Gasteiger partial charge in [0.2, 0.25) is 5.91 Å². The molecule has 16 heavy (non-hydrogen) atoms. The van der Waals surface area contributed by atoms with Crippen LogP contribution in [-0.2, 0) is 9.59 Å². The monoisotopic (exact) mass is 280 g/mol. The molecule has 2 N–H and O–H groups in total. The molecule has 0 radical (unpaired) electrons. The van der Waals surface area contributed by atoms with Crippen molar-refractivity contribution in [3.05, 3.63) is 0 Å². The second kappa shape index (κ2) is 6.78. The molecule has 1 rings (SSSR count). The van der Waals surface area contributed by atoms with Crippen LogP contribution in [0.25, 0.3) is 0 Å². The predicted molar refractivity (Wildman–Crippen MR) is 72.6 cm³/mol. The lowest BCUT2D eigenvalue weighted by Crippen LogP contribution is -2.46. The summed E-state index contributed by atoms with van der Waals surface area (Å²) in [5.41, 5.74) is 0. The van der Waals surface area contributed by atoms with E-state index in [-0.39, 0.29) is 29.0 Å². The Morgan fingerprint density at radius 2 is 2.31 bits per heavy atom. The van der Waals surface area contributed by atoms with Gasteiger partial charge in [0.25, 0.3) is 0 Å². The van der Waals surface area contributed by atoms with Crippen LogP contribution in [0.2, 0.25) is 0 Å². The van der Waals surface area contributed by atoms with Gasteiger partial charge < -0.3 is 5.32 Å². The lowest BCUT2D eigenvalue weighted by molar-refractivity contribution is -0.123. The average molecular weight is 280 g/mol. The molecule has 92 valence electrons. The van der Waals surface area contributed by atoms with E-state index in [1.54, 1.807) is 0 Å². The van der Waals surface area contributed by atoms with Crippen LogP contribution in [-0.4, -0.2) is 34.7 Å². The maximum Gasteiger partial charge on any atom is 0.238 e. The molecule has 1 aliphatic rings. The molecular weight excluding hydrogens is 264 g/mol. The van der Waals surface area contributed by atoms with Crippen molar-refractivity contribution < 1.29 is 9.59 Å². The standard InChI is InChI=1S/C9H16N2O2S3/c1-5(2)7(12)9-11-6(3-15-9)8(13)10-4-16-14/h5-6,9,11,14H,3-4H2,1-2H3,(H,10,13). The summed E-state index contributed by atoms with van der Waals surface area (Å²) >= 11 is 5.44. The van der Waals surface area contributed by atoms with E-state index in [1.165, 1.54) is 22.6 Å². The summed E-state index contributed by atoms with van der Waals surface area (Å²) in [5.74, 6) is 1.22. The van der Waals surface area contributed by atoms with Crippen molar-refractivity contribution in [1.29, 1.82) is 0 Å². The van der Waals surface area contributed by atoms with Crippen molar-refractivity contribution >= 4 is 45.9 Å². The Labute approximate surface area is 109 Å². The minimum absolute atomic E-state index is 0.000177. The number of rotatable bonds is 5. The highest BCUT2D eigenvalue weighted by Gasteiger charge is 2.34. The number of thiol groups is 1. The molecule has 1 amide bonds. The second-order valence-corrected chi connectivity index (χ2v) is 6.26. The third-order valence-electron chi connectivity index (χ3n) is 2.24. The van der Waals surface area contributed by atoms with Crippen molar-refractivity contribution in [2.24, 2.45) is 5.92 Å². The largest absolute Gasteiger partial charge is 0.345 e. The first kappa shape index (κ1) is 14.2. The van der Waals surface area contributed by atoms with Crippen LogP contribution >= 0.6 is 34.2 Å². The van der Waals surface area contributed by atoms with Gasteiger partial charge in [0.1, 0.15) is 5.37 Å². The van der Waals surface area contributed by atoms with Gasteiger partial charge in [0.05, 0.1) is 11.9 Å². The number of carbonyl (C=O) groups excluding carboxylic acids is 2. The molecule has 2 unspecified atom stereocenters. The first-order chi connectivity index (χ1) is 7.56. The van der Waals surface area contributed by atoms with E-state index >= 15 is 0 Å². The van der Waals surface area contributed by atoms with Gasteiger partial charge in [0.15, 0.2) is 5.78 Å². The Morgan fingerprint density at radius 1 is 1.62 bits per heavy atom. The first-order valence-corrected chi connectivity index (χ1v) is 8.10. The van der Waals surface area contributed by atoms with E-state index in [0.29, 0.717) is 11.6 Å². The summed E-state index contributed by atoms with van der Waals surface area (Å²) in [5, 5.41) is 5.53. The molecule has 1 fully saturated rings. The zero-order chi connectivity index (χ0) is 12.1. The van der Waals surface area contributed by atoms with Crippen LogP contribution in [0, 0.1) is 5.92 Å². The number of amides is 1. The first-order valence-electron chi connectivity index (χ1n) is 5.01. The van der Waals surface area contributed by atoms with E-state index in [9.17, 15) is 9.59 Å². The fourth-order valence-corrected chi connectivity index (χ4v) is 3.05. The third kappa shape index (κ3) is 3.87. The van der Waals surface area contributed by atoms with Gasteiger partial charge in [-0.2, -0.15) is 0 Å². The number of Topliss-reactive ketones (excluding diaryl/α,β-unsaturated/α-hetero) is 1. The van der Waals surface area contributed by atoms with Crippen molar-refractivity contribution in [2.75, 3.05) is 11.6 Å². The van der Waals surface area contributed by atoms with E-state index < -0.39 is 0 Å². The normalized spacial score (nSPS) is 24.8. The minimum Gasteiger partial charge on any atom is -0.345 e. The van der Waals surface area contributed by atoms with Crippen LogP contribution in [0.15, 0.2) is 0 Å². The molecule has 4 nitrogen and oxygen atoms in total. The molecule has 1 aliphatic heterocycles. The lowest BCUT2D eigenvalue weighted by atomic mass is 10.1. The quantitative estimate of drug-likeness (QED) is 0.397. The fraction of sp³-hybridized carbons (Fsp3) is 0.778. The Bertz CT molecular complexity index is 273. The van der Waals surface area contributed by atoms with Crippen LogP contribution < -0.4 is 10.6 Å². The van der Waals surface area contributed by atoms with Gasteiger partial charge in [0, 0.05) is 11.7 Å². The van der Waals surface area contributed by atoms with Crippen LogP contribution in [0.5, 0.6) is 0 Å². The Morgan fingerprint density at radius 3 is 2.88 bits per heavy atom. The zero-order valence-corrected chi connectivity index (χ0v) is 11.8. The summed E-state index contributed by atoms with van der Waals surface area (Å²) in [7, 11) is 1.26. The minimum atomic E-state index is -0.266. The zero-order valence-electron chi connectivity index (χ0n) is 9.23. The molecule has 7 heteroatoms. The van der Waals surface area contributed by atoms with E-state index in [1.807, 2.05) is 13.8 Å².